The molecule has 0 aromatic carbocycles. The number of nitrogens with zero attached hydrogens (tertiary/aromatic N) is 1. The molecule has 0 fully saturated rings. The highest BCUT2D eigenvalue weighted by molar-refractivity contribution is 7.88. The predicted molar refractivity (Wildman–Crippen MR) is 67.0 cm³/mol. The summed E-state index contributed by atoms with van der Waals surface area (Å²) in [6.07, 6.45) is 2.85. The van der Waals surface area contributed by atoms with Crippen molar-refractivity contribution in [3.05, 3.63) is 12.7 Å². The molecule has 0 spiro atoms. The highest BCUT2D eigenvalue weighted by atomic mass is 32.2. The highest BCUT2D eigenvalue weighted by Gasteiger charge is 1.98. The average Bonchev–Trinajstić information content (AvgIpc) is 2.19. The largest absolute Gasteiger partial charge is 0.357 e. The lowest BCUT2D eigenvalue weighted by atomic mass is 10.6. The summed E-state index contributed by atoms with van der Waals surface area (Å²) >= 11 is 0. The number of rotatable bonds is 7. The summed E-state index contributed by atoms with van der Waals surface area (Å²) in [5.41, 5.74) is 0. The fourth-order valence-electron chi connectivity index (χ4n) is 0.909. The monoisotopic (exact) mass is 248 g/mol. The normalized spacial score (nSPS) is 12.2. The summed E-state index contributed by atoms with van der Waals surface area (Å²) in [6.45, 7) is 7.60. The van der Waals surface area contributed by atoms with Crippen molar-refractivity contribution in [3.8, 4) is 0 Å². The molecule has 0 aliphatic carbocycles. The van der Waals surface area contributed by atoms with Gasteiger partial charge in [0.1, 0.15) is 0 Å². The average molecular weight is 248 g/mol. The third kappa shape index (κ3) is 9.47. The standard InChI is InChI=1S/C9H20N4O2S/c1-4-6-11-9(10-5-2)12-7-8-13-16(3,14)15/h4,13H,1,5-8H2,2-3H3,(H2,10,11,12). The Balaban J connectivity index is 3.97. The first-order valence-corrected chi connectivity index (χ1v) is 6.96. The van der Waals surface area contributed by atoms with Gasteiger partial charge in [0.05, 0.1) is 12.8 Å². The number of sulfonamides is 1. The van der Waals surface area contributed by atoms with Crippen LogP contribution in [0.4, 0.5) is 0 Å². The Bertz CT molecular complexity index is 324. The van der Waals surface area contributed by atoms with Crippen LogP contribution in [0.2, 0.25) is 0 Å². The van der Waals surface area contributed by atoms with Gasteiger partial charge in [-0.2, -0.15) is 0 Å². The second-order valence-electron chi connectivity index (χ2n) is 3.10. The van der Waals surface area contributed by atoms with Crippen molar-refractivity contribution in [2.75, 3.05) is 32.4 Å². The Morgan fingerprint density at radius 1 is 1.44 bits per heavy atom. The van der Waals surface area contributed by atoms with Crippen LogP contribution in [0.15, 0.2) is 17.6 Å². The predicted octanol–water partition coefficient (Wildman–Crippen LogP) is -0.723. The van der Waals surface area contributed by atoms with E-state index in [4.69, 9.17) is 0 Å². The zero-order valence-electron chi connectivity index (χ0n) is 9.78. The van der Waals surface area contributed by atoms with E-state index in [0.717, 1.165) is 12.8 Å². The molecular formula is C9H20N4O2S. The summed E-state index contributed by atoms with van der Waals surface area (Å²) in [6, 6.07) is 0. The van der Waals surface area contributed by atoms with Crippen LogP contribution in [0.25, 0.3) is 0 Å². The number of hydrogen-bond donors (Lipinski definition) is 3. The lowest BCUT2D eigenvalue weighted by Crippen LogP contribution is -2.38. The molecule has 6 nitrogen and oxygen atoms in total. The van der Waals surface area contributed by atoms with Crippen molar-refractivity contribution in [2.24, 2.45) is 4.99 Å². The maximum atomic E-state index is 10.8. The summed E-state index contributed by atoms with van der Waals surface area (Å²) in [5, 5.41) is 6.04. The van der Waals surface area contributed by atoms with E-state index in [2.05, 4.69) is 26.9 Å². The molecule has 0 saturated heterocycles. The van der Waals surface area contributed by atoms with Crippen molar-refractivity contribution in [1.82, 2.24) is 15.4 Å². The molecule has 0 rings (SSSR count). The molecule has 0 aliphatic heterocycles. The van der Waals surface area contributed by atoms with E-state index in [0.29, 0.717) is 25.6 Å². The van der Waals surface area contributed by atoms with Gasteiger partial charge in [-0.15, -0.1) is 6.58 Å². The van der Waals surface area contributed by atoms with E-state index in [-0.39, 0.29) is 0 Å². The molecule has 0 amide bonds. The molecule has 0 aromatic heterocycles. The van der Waals surface area contributed by atoms with Gasteiger partial charge in [0.15, 0.2) is 5.96 Å². The number of hydrogen-bond acceptors (Lipinski definition) is 3. The first kappa shape index (κ1) is 14.9. The summed E-state index contributed by atoms with van der Waals surface area (Å²) in [4.78, 5) is 4.17. The fourth-order valence-corrected chi connectivity index (χ4v) is 1.37. The zero-order chi connectivity index (χ0) is 12.4. The van der Waals surface area contributed by atoms with Crippen LogP contribution in [0, 0.1) is 0 Å². The van der Waals surface area contributed by atoms with E-state index in [1.807, 2.05) is 6.92 Å². The first-order valence-electron chi connectivity index (χ1n) is 5.07. The van der Waals surface area contributed by atoms with E-state index in [9.17, 15) is 8.42 Å². The lowest BCUT2D eigenvalue weighted by Gasteiger charge is -2.09. The molecule has 0 saturated carbocycles. The Hall–Kier alpha value is -1.08. The number of nitrogens with one attached hydrogen (secondary N) is 3. The lowest BCUT2D eigenvalue weighted by molar-refractivity contribution is 0.588. The molecular weight excluding hydrogens is 228 g/mol. The van der Waals surface area contributed by atoms with Crippen LogP contribution >= 0.6 is 0 Å². The summed E-state index contributed by atoms with van der Waals surface area (Å²) in [7, 11) is -3.13. The first-order chi connectivity index (χ1) is 7.49. The van der Waals surface area contributed by atoms with E-state index in [1.54, 1.807) is 6.08 Å². The Morgan fingerprint density at radius 3 is 2.62 bits per heavy atom. The highest BCUT2D eigenvalue weighted by Crippen LogP contribution is 1.76. The van der Waals surface area contributed by atoms with Crippen molar-refractivity contribution in [1.29, 1.82) is 0 Å². The smallest absolute Gasteiger partial charge is 0.208 e. The number of guanidine groups is 1. The Labute approximate surface area is 97.3 Å². The van der Waals surface area contributed by atoms with Crippen LogP contribution in [0.1, 0.15) is 6.92 Å². The fraction of sp³-hybridized carbons (Fsp3) is 0.667. The van der Waals surface area contributed by atoms with Gasteiger partial charge in [0.2, 0.25) is 10.0 Å². The molecule has 0 heterocycles. The second-order valence-corrected chi connectivity index (χ2v) is 4.93. The van der Waals surface area contributed by atoms with Crippen LogP contribution < -0.4 is 15.4 Å². The SMILES string of the molecule is C=CCNC(=NCCNS(C)(=O)=O)NCC. The van der Waals surface area contributed by atoms with Crippen LogP contribution in [0.5, 0.6) is 0 Å². The van der Waals surface area contributed by atoms with Gasteiger partial charge >= 0.3 is 0 Å². The minimum atomic E-state index is -3.13. The van der Waals surface area contributed by atoms with Crippen LogP contribution in [0.3, 0.4) is 0 Å². The van der Waals surface area contributed by atoms with E-state index >= 15 is 0 Å². The van der Waals surface area contributed by atoms with Crippen molar-refractivity contribution >= 4 is 16.0 Å². The summed E-state index contributed by atoms with van der Waals surface area (Å²) < 4.78 is 23.9. The van der Waals surface area contributed by atoms with Gasteiger partial charge < -0.3 is 10.6 Å². The zero-order valence-corrected chi connectivity index (χ0v) is 10.6. The van der Waals surface area contributed by atoms with Gasteiger partial charge in [-0.3, -0.25) is 4.99 Å². The molecule has 0 bridgehead atoms. The summed E-state index contributed by atoms with van der Waals surface area (Å²) in [5.74, 6) is 0.651. The topological polar surface area (TPSA) is 82.6 Å². The van der Waals surface area contributed by atoms with Crippen molar-refractivity contribution in [3.63, 3.8) is 0 Å². The maximum Gasteiger partial charge on any atom is 0.208 e. The minimum absolute atomic E-state index is 0.295. The van der Waals surface area contributed by atoms with E-state index in [1.165, 1.54) is 0 Å². The minimum Gasteiger partial charge on any atom is -0.357 e. The molecule has 16 heavy (non-hydrogen) atoms. The van der Waals surface area contributed by atoms with Gasteiger partial charge in [0, 0.05) is 19.6 Å². The molecule has 94 valence electrons. The third-order valence-corrected chi connectivity index (χ3v) is 2.23. The quantitative estimate of drug-likeness (QED) is 0.240. The third-order valence-electron chi connectivity index (χ3n) is 1.50. The van der Waals surface area contributed by atoms with Crippen LogP contribution in [-0.2, 0) is 10.0 Å². The molecule has 0 unspecified atom stereocenters. The molecule has 0 atom stereocenters. The Kier molecular flexibility index (Phi) is 7.57. The van der Waals surface area contributed by atoms with Gasteiger partial charge in [-0.05, 0) is 6.92 Å². The molecule has 0 aliphatic rings. The molecule has 0 radical (unpaired) electrons. The molecule has 0 aromatic rings. The number of aliphatic imine (C=N–C) groups is 1. The molecule has 3 N–H and O–H groups in total. The Morgan fingerprint density at radius 2 is 2.12 bits per heavy atom. The van der Waals surface area contributed by atoms with E-state index < -0.39 is 10.0 Å². The van der Waals surface area contributed by atoms with Crippen LogP contribution in [-0.4, -0.2) is 46.8 Å². The molecule has 7 heteroatoms. The van der Waals surface area contributed by atoms with Gasteiger partial charge in [-0.25, -0.2) is 13.1 Å². The second kappa shape index (κ2) is 8.12. The maximum absolute atomic E-state index is 10.8. The van der Waals surface area contributed by atoms with Crippen molar-refractivity contribution in [2.45, 2.75) is 6.92 Å². The van der Waals surface area contributed by atoms with Gasteiger partial charge in [-0.1, -0.05) is 6.08 Å². The van der Waals surface area contributed by atoms with Gasteiger partial charge in [0.25, 0.3) is 0 Å². The van der Waals surface area contributed by atoms with Crippen molar-refractivity contribution < 1.29 is 8.42 Å².